The van der Waals surface area contributed by atoms with Gasteiger partial charge in [0.1, 0.15) is 5.82 Å². The van der Waals surface area contributed by atoms with E-state index in [2.05, 4.69) is 16.0 Å². The van der Waals surface area contributed by atoms with Crippen molar-refractivity contribution in [2.24, 2.45) is 0 Å². The van der Waals surface area contributed by atoms with Gasteiger partial charge in [0.15, 0.2) is 0 Å². The van der Waals surface area contributed by atoms with Gasteiger partial charge in [-0.3, -0.25) is 4.79 Å². The lowest BCUT2D eigenvalue weighted by molar-refractivity contribution is -0.130. The van der Waals surface area contributed by atoms with Crippen molar-refractivity contribution in [1.82, 2.24) is 15.5 Å². The molecule has 3 rings (SSSR count). The molecule has 8 heteroatoms. The predicted molar refractivity (Wildman–Crippen MR) is 96.4 cm³/mol. The second-order valence-corrected chi connectivity index (χ2v) is 6.43. The molecule has 6 nitrogen and oxygen atoms in total. The maximum atomic E-state index is 12.8. The van der Waals surface area contributed by atoms with Crippen molar-refractivity contribution in [2.75, 3.05) is 25.0 Å². The molecular weight excluding hydrogens is 347 g/mol. The lowest BCUT2D eigenvalue weighted by Crippen LogP contribution is -2.41. The Labute approximate surface area is 152 Å². The van der Waals surface area contributed by atoms with Crippen molar-refractivity contribution in [3.63, 3.8) is 0 Å². The first kappa shape index (κ1) is 19.5. The zero-order valence-electron chi connectivity index (χ0n) is 14.0. The normalized spacial score (nSPS) is 22.4. The van der Waals surface area contributed by atoms with E-state index in [1.807, 2.05) is 4.90 Å². The Morgan fingerprint density at radius 3 is 2.68 bits per heavy atom. The summed E-state index contributed by atoms with van der Waals surface area (Å²) in [7, 11) is 0. The quantitative estimate of drug-likeness (QED) is 0.760. The van der Waals surface area contributed by atoms with Gasteiger partial charge in [-0.05, 0) is 50.1 Å². The first-order chi connectivity index (χ1) is 11.6. The van der Waals surface area contributed by atoms with E-state index in [4.69, 9.17) is 0 Å². The number of benzene rings is 1. The van der Waals surface area contributed by atoms with Crippen molar-refractivity contribution < 1.29 is 14.0 Å². The molecule has 0 radical (unpaired) electrons. The molecule has 25 heavy (non-hydrogen) atoms. The second-order valence-electron chi connectivity index (χ2n) is 6.43. The number of hydrogen-bond donors (Lipinski definition) is 3. The Kier molecular flexibility index (Phi) is 7.01. The summed E-state index contributed by atoms with van der Waals surface area (Å²) >= 11 is 0. The Morgan fingerprint density at radius 2 is 2.00 bits per heavy atom. The van der Waals surface area contributed by atoms with Gasteiger partial charge in [0.05, 0.1) is 0 Å². The molecule has 138 valence electrons. The predicted octanol–water partition coefficient (Wildman–Crippen LogP) is 2.11. The third-order valence-corrected chi connectivity index (χ3v) is 4.56. The number of rotatable bonds is 4. The fourth-order valence-electron chi connectivity index (χ4n) is 3.26. The van der Waals surface area contributed by atoms with E-state index in [9.17, 15) is 14.0 Å². The zero-order valence-corrected chi connectivity index (χ0v) is 14.8. The number of amides is 3. The second kappa shape index (κ2) is 9.01. The molecule has 2 unspecified atom stereocenters. The van der Waals surface area contributed by atoms with Crippen LogP contribution in [-0.4, -0.2) is 48.6 Å². The third kappa shape index (κ3) is 5.57. The summed E-state index contributed by atoms with van der Waals surface area (Å²) in [5, 5.41) is 8.87. The number of carbonyl (C=O) groups excluding carboxylic acids is 2. The van der Waals surface area contributed by atoms with Crippen LogP contribution in [-0.2, 0) is 4.79 Å². The van der Waals surface area contributed by atoms with Gasteiger partial charge in [0.2, 0.25) is 5.91 Å². The summed E-state index contributed by atoms with van der Waals surface area (Å²) in [6.45, 7) is 2.21. The van der Waals surface area contributed by atoms with Gasteiger partial charge in [0, 0.05) is 37.3 Å². The van der Waals surface area contributed by atoms with Crippen LogP contribution in [0.25, 0.3) is 0 Å². The number of carbonyl (C=O) groups is 2. The van der Waals surface area contributed by atoms with Gasteiger partial charge >= 0.3 is 6.03 Å². The summed E-state index contributed by atoms with van der Waals surface area (Å²) < 4.78 is 12.8. The van der Waals surface area contributed by atoms with Crippen molar-refractivity contribution in [3.8, 4) is 0 Å². The van der Waals surface area contributed by atoms with Crippen LogP contribution in [0.4, 0.5) is 14.9 Å². The number of anilines is 1. The standard InChI is InChI=1S/C17H23FN4O2.ClH/c18-12-3-5-13(6-4-12)20-17(24)21-15-7-9-22(11-15)16(23)10-14-2-1-8-19-14;/h3-6,14-15,19H,1-2,7-11H2,(H2,20,21,24);1H. The van der Waals surface area contributed by atoms with Crippen LogP contribution < -0.4 is 16.0 Å². The molecule has 2 fully saturated rings. The minimum atomic E-state index is -0.345. The zero-order chi connectivity index (χ0) is 16.9. The van der Waals surface area contributed by atoms with Crippen LogP contribution in [0.2, 0.25) is 0 Å². The SMILES string of the molecule is Cl.O=C(Nc1ccc(F)cc1)NC1CCN(C(=O)CC2CCCN2)C1. The van der Waals surface area contributed by atoms with E-state index in [0.717, 1.165) is 25.8 Å². The molecule has 0 saturated carbocycles. The van der Waals surface area contributed by atoms with Gasteiger partial charge in [-0.1, -0.05) is 0 Å². The van der Waals surface area contributed by atoms with Gasteiger partial charge in [0.25, 0.3) is 0 Å². The van der Waals surface area contributed by atoms with Crippen LogP contribution in [0, 0.1) is 5.82 Å². The summed E-state index contributed by atoms with van der Waals surface area (Å²) in [6.07, 6.45) is 3.47. The molecule has 1 aromatic rings. The summed E-state index contributed by atoms with van der Waals surface area (Å²) in [5.74, 6) is -0.194. The number of nitrogens with one attached hydrogen (secondary N) is 3. The van der Waals surface area contributed by atoms with Gasteiger partial charge in [-0.15, -0.1) is 12.4 Å². The van der Waals surface area contributed by atoms with Crippen molar-refractivity contribution in [2.45, 2.75) is 37.8 Å². The summed E-state index contributed by atoms with van der Waals surface area (Å²) in [5.41, 5.74) is 0.534. The third-order valence-electron chi connectivity index (χ3n) is 4.56. The molecule has 2 atom stereocenters. The topological polar surface area (TPSA) is 73.5 Å². The Hall–Kier alpha value is -1.86. The fourth-order valence-corrected chi connectivity index (χ4v) is 3.26. The van der Waals surface area contributed by atoms with E-state index in [0.29, 0.717) is 31.2 Å². The van der Waals surface area contributed by atoms with Gasteiger partial charge in [-0.25, -0.2) is 9.18 Å². The van der Waals surface area contributed by atoms with Crippen molar-refractivity contribution in [1.29, 1.82) is 0 Å². The molecule has 2 aliphatic heterocycles. The van der Waals surface area contributed by atoms with Crippen LogP contribution >= 0.6 is 12.4 Å². The molecule has 0 aliphatic carbocycles. The van der Waals surface area contributed by atoms with E-state index in [1.54, 1.807) is 0 Å². The van der Waals surface area contributed by atoms with Gasteiger partial charge < -0.3 is 20.9 Å². The molecule has 2 aliphatic rings. The molecular formula is C17H24ClFN4O2. The number of nitrogens with zero attached hydrogens (tertiary/aromatic N) is 1. The molecule has 0 aromatic heterocycles. The number of likely N-dealkylation sites (tertiary alicyclic amines) is 1. The Bertz CT molecular complexity index is 593. The largest absolute Gasteiger partial charge is 0.341 e. The van der Waals surface area contributed by atoms with E-state index in [1.165, 1.54) is 24.3 Å². The lowest BCUT2D eigenvalue weighted by Gasteiger charge is -2.19. The number of hydrogen-bond acceptors (Lipinski definition) is 3. The fraction of sp³-hybridized carbons (Fsp3) is 0.529. The molecule has 3 N–H and O–H groups in total. The first-order valence-corrected chi connectivity index (χ1v) is 8.44. The monoisotopic (exact) mass is 370 g/mol. The summed E-state index contributed by atoms with van der Waals surface area (Å²) in [4.78, 5) is 26.1. The maximum absolute atomic E-state index is 12.8. The first-order valence-electron chi connectivity index (χ1n) is 8.44. The molecule has 2 heterocycles. The summed E-state index contributed by atoms with van der Waals surface area (Å²) in [6, 6.07) is 5.52. The highest BCUT2D eigenvalue weighted by molar-refractivity contribution is 5.89. The molecule has 0 bridgehead atoms. The van der Waals surface area contributed by atoms with Crippen molar-refractivity contribution >= 4 is 30.0 Å². The lowest BCUT2D eigenvalue weighted by atomic mass is 10.1. The molecule has 2 saturated heterocycles. The van der Waals surface area contributed by atoms with E-state index in [-0.39, 0.29) is 36.2 Å². The molecule has 0 spiro atoms. The van der Waals surface area contributed by atoms with Crippen LogP contribution in [0.3, 0.4) is 0 Å². The maximum Gasteiger partial charge on any atom is 0.319 e. The highest BCUT2D eigenvalue weighted by atomic mass is 35.5. The van der Waals surface area contributed by atoms with Crippen LogP contribution in [0.15, 0.2) is 24.3 Å². The minimum Gasteiger partial charge on any atom is -0.341 e. The minimum absolute atomic E-state index is 0. The van der Waals surface area contributed by atoms with E-state index < -0.39 is 0 Å². The highest BCUT2D eigenvalue weighted by Gasteiger charge is 2.29. The molecule has 3 amide bonds. The number of urea groups is 1. The highest BCUT2D eigenvalue weighted by Crippen LogP contribution is 2.15. The smallest absolute Gasteiger partial charge is 0.319 e. The average Bonchev–Trinajstić information content (AvgIpc) is 3.21. The van der Waals surface area contributed by atoms with Crippen LogP contribution in [0.5, 0.6) is 0 Å². The van der Waals surface area contributed by atoms with E-state index >= 15 is 0 Å². The van der Waals surface area contributed by atoms with Gasteiger partial charge in [-0.2, -0.15) is 0 Å². The molecule has 1 aromatic carbocycles. The number of halogens is 2. The average molecular weight is 371 g/mol. The Morgan fingerprint density at radius 1 is 1.24 bits per heavy atom. The Balaban J connectivity index is 0.00000225. The van der Waals surface area contributed by atoms with Crippen molar-refractivity contribution in [3.05, 3.63) is 30.1 Å². The van der Waals surface area contributed by atoms with Crippen LogP contribution in [0.1, 0.15) is 25.7 Å².